The predicted molar refractivity (Wildman–Crippen MR) is 44.2 cm³/mol. The zero-order valence-electron chi connectivity index (χ0n) is 4.14. The van der Waals surface area contributed by atoms with Gasteiger partial charge in [-0.3, -0.25) is 0 Å². The first-order valence-corrected chi connectivity index (χ1v) is 5.27. The second-order valence-corrected chi connectivity index (χ2v) is 5.53. The molecule has 0 nitrogen and oxygen atoms in total. The van der Waals surface area contributed by atoms with Crippen LogP contribution in [0.25, 0.3) is 0 Å². The summed E-state index contributed by atoms with van der Waals surface area (Å²) in [6.45, 7) is 0. The van der Waals surface area contributed by atoms with Gasteiger partial charge in [0.1, 0.15) is 0 Å². The predicted octanol–water partition coefficient (Wildman–Crippen LogP) is 2.60. The highest BCUT2D eigenvalue weighted by molar-refractivity contribution is 8.08. The van der Waals surface area contributed by atoms with Crippen LogP contribution in [0.2, 0.25) is 0 Å². The van der Waals surface area contributed by atoms with Gasteiger partial charge in [-0.05, 0) is 0 Å². The van der Waals surface area contributed by atoms with Gasteiger partial charge in [0.2, 0.25) is 0 Å². The lowest BCUT2D eigenvalue weighted by molar-refractivity contribution is 1.31. The minimum atomic E-state index is 0.287. The summed E-state index contributed by atoms with van der Waals surface area (Å²) in [5, 5.41) is 0. The van der Waals surface area contributed by atoms with Gasteiger partial charge in [-0.1, -0.05) is 0 Å². The molecule has 0 bridgehead atoms. The zero-order chi connectivity index (χ0) is 5.98. The molecule has 1 rings (SSSR count). The highest BCUT2D eigenvalue weighted by atomic mass is 35.5. The second-order valence-electron chi connectivity index (χ2n) is 1.49. The summed E-state index contributed by atoms with van der Waals surface area (Å²) in [7, 11) is 0. The Labute approximate surface area is 67.7 Å². The second kappa shape index (κ2) is 3.45. The van der Waals surface area contributed by atoms with E-state index in [2.05, 4.69) is 0 Å². The van der Waals surface area contributed by atoms with Crippen molar-refractivity contribution in [2.75, 3.05) is 11.5 Å². The SMILES string of the molecule is ClC1CSC(Cl)CS1. The quantitative estimate of drug-likeness (QED) is 0.537. The van der Waals surface area contributed by atoms with Crippen molar-refractivity contribution in [3.63, 3.8) is 0 Å². The fourth-order valence-electron chi connectivity index (χ4n) is 0.456. The monoisotopic (exact) mass is 188 g/mol. The summed E-state index contributed by atoms with van der Waals surface area (Å²) >= 11 is 15.0. The van der Waals surface area contributed by atoms with Crippen molar-refractivity contribution in [1.82, 2.24) is 0 Å². The van der Waals surface area contributed by atoms with Crippen molar-refractivity contribution < 1.29 is 0 Å². The highest BCUT2D eigenvalue weighted by Crippen LogP contribution is 2.33. The topological polar surface area (TPSA) is 0 Å². The van der Waals surface area contributed by atoms with Crippen LogP contribution in [-0.4, -0.2) is 20.9 Å². The van der Waals surface area contributed by atoms with Crippen LogP contribution in [0.1, 0.15) is 0 Å². The van der Waals surface area contributed by atoms with E-state index in [4.69, 9.17) is 23.2 Å². The van der Waals surface area contributed by atoms with Gasteiger partial charge in [0.05, 0.1) is 9.42 Å². The van der Waals surface area contributed by atoms with Crippen LogP contribution in [0.4, 0.5) is 0 Å². The molecule has 0 N–H and O–H groups in total. The normalized spacial score (nSPS) is 39.8. The third-order valence-corrected chi connectivity index (χ3v) is 4.78. The highest BCUT2D eigenvalue weighted by Gasteiger charge is 2.17. The first-order valence-electron chi connectivity index (χ1n) is 2.30. The standard InChI is InChI=1S/C4H6Cl2S2/c5-3-1-7-4(6)2-8-3/h3-4H,1-2H2. The molecular weight excluding hydrogens is 183 g/mol. The molecule has 0 aromatic carbocycles. The maximum Gasteiger partial charge on any atom is 0.0880 e. The van der Waals surface area contributed by atoms with E-state index in [9.17, 15) is 0 Å². The van der Waals surface area contributed by atoms with Crippen molar-refractivity contribution >= 4 is 46.7 Å². The summed E-state index contributed by atoms with van der Waals surface area (Å²) in [4.78, 5) is 0. The molecule has 0 aromatic heterocycles. The van der Waals surface area contributed by atoms with Crippen molar-refractivity contribution in [3.8, 4) is 0 Å². The molecule has 0 amide bonds. The summed E-state index contributed by atoms with van der Waals surface area (Å²) in [6.07, 6.45) is 0. The molecule has 1 aliphatic heterocycles. The van der Waals surface area contributed by atoms with E-state index in [1.807, 2.05) is 0 Å². The Morgan fingerprint density at radius 3 is 1.62 bits per heavy atom. The smallest absolute Gasteiger partial charge is 0.0880 e. The van der Waals surface area contributed by atoms with Crippen LogP contribution in [0.5, 0.6) is 0 Å². The molecule has 8 heavy (non-hydrogen) atoms. The molecule has 0 aromatic rings. The third-order valence-electron chi connectivity index (χ3n) is 0.816. The average Bonchev–Trinajstić information content (AvgIpc) is 1.77. The maximum atomic E-state index is 5.77. The third kappa shape index (κ3) is 2.26. The van der Waals surface area contributed by atoms with E-state index in [1.165, 1.54) is 0 Å². The lowest BCUT2D eigenvalue weighted by Gasteiger charge is -2.18. The maximum absolute atomic E-state index is 5.77. The zero-order valence-corrected chi connectivity index (χ0v) is 7.29. The molecule has 0 saturated carbocycles. The number of rotatable bonds is 0. The van der Waals surface area contributed by atoms with Crippen LogP contribution in [0, 0.1) is 0 Å². The summed E-state index contributed by atoms with van der Waals surface area (Å²) in [5.74, 6) is 1.97. The molecule has 2 atom stereocenters. The largest absolute Gasteiger partial charge is 0.139 e. The number of halogens is 2. The van der Waals surface area contributed by atoms with E-state index >= 15 is 0 Å². The van der Waals surface area contributed by atoms with Gasteiger partial charge >= 0.3 is 0 Å². The Balaban J connectivity index is 2.19. The van der Waals surface area contributed by atoms with E-state index < -0.39 is 0 Å². The first-order chi connectivity index (χ1) is 3.79. The molecule has 2 unspecified atom stereocenters. The minimum Gasteiger partial charge on any atom is -0.139 e. The van der Waals surface area contributed by atoms with Gasteiger partial charge < -0.3 is 0 Å². The molecule has 4 heteroatoms. The van der Waals surface area contributed by atoms with Gasteiger partial charge in [-0.2, -0.15) is 0 Å². The summed E-state index contributed by atoms with van der Waals surface area (Å²) in [5.41, 5.74) is 0. The fraction of sp³-hybridized carbons (Fsp3) is 1.00. The molecule has 1 saturated heterocycles. The molecule has 1 fully saturated rings. The Hall–Kier alpha value is 1.28. The van der Waals surface area contributed by atoms with E-state index in [0.29, 0.717) is 0 Å². The van der Waals surface area contributed by atoms with Crippen LogP contribution in [-0.2, 0) is 0 Å². The van der Waals surface area contributed by atoms with Crippen LogP contribution < -0.4 is 0 Å². The molecule has 0 spiro atoms. The summed E-state index contributed by atoms with van der Waals surface area (Å²) < 4.78 is 0.574. The van der Waals surface area contributed by atoms with Crippen LogP contribution in [0.3, 0.4) is 0 Å². The van der Waals surface area contributed by atoms with Crippen molar-refractivity contribution in [2.45, 2.75) is 9.42 Å². The van der Waals surface area contributed by atoms with Crippen LogP contribution >= 0.6 is 46.7 Å². The molecule has 0 aliphatic carbocycles. The van der Waals surface area contributed by atoms with Gasteiger partial charge in [0, 0.05) is 11.5 Å². The van der Waals surface area contributed by atoms with Gasteiger partial charge in [-0.15, -0.1) is 46.7 Å². The first kappa shape index (κ1) is 7.39. The van der Waals surface area contributed by atoms with Crippen molar-refractivity contribution in [2.24, 2.45) is 0 Å². The Morgan fingerprint density at radius 1 is 1.00 bits per heavy atom. The lowest BCUT2D eigenvalue weighted by Crippen LogP contribution is -2.12. The number of thioether (sulfide) groups is 2. The number of hydrogen-bond acceptors (Lipinski definition) is 2. The Bertz CT molecular complexity index is 60.4. The van der Waals surface area contributed by atoms with Gasteiger partial charge in [0.25, 0.3) is 0 Å². The Kier molecular flexibility index (Phi) is 3.18. The number of alkyl halides is 2. The molecule has 0 radical (unpaired) electrons. The minimum absolute atomic E-state index is 0.287. The van der Waals surface area contributed by atoms with Crippen molar-refractivity contribution in [3.05, 3.63) is 0 Å². The molecule has 1 aliphatic rings. The van der Waals surface area contributed by atoms with Gasteiger partial charge in [0.15, 0.2) is 0 Å². The van der Waals surface area contributed by atoms with E-state index in [1.54, 1.807) is 23.5 Å². The average molecular weight is 189 g/mol. The lowest BCUT2D eigenvalue weighted by atomic mass is 10.9. The Morgan fingerprint density at radius 2 is 1.38 bits per heavy atom. The van der Waals surface area contributed by atoms with E-state index in [-0.39, 0.29) is 9.42 Å². The molecular formula is C4H6Cl2S2. The van der Waals surface area contributed by atoms with E-state index in [0.717, 1.165) is 11.5 Å². The van der Waals surface area contributed by atoms with Crippen molar-refractivity contribution in [1.29, 1.82) is 0 Å². The van der Waals surface area contributed by atoms with Crippen LogP contribution in [0.15, 0.2) is 0 Å². The van der Waals surface area contributed by atoms with Gasteiger partial charge in [-0.25, -0.2) is 0 Å². The molecule has 1 heterocycles. The number of hydrogen-bond donors (Lipinski definition) is 0. The summed E-state index contributed by atoms with van der Waals surface area (Å²) in [6, 6.07) is 0. The molecule has 48 valence electrons. The fourth-order valence-corrected chi connectivity index (χ4v) is 3.29.